The fourth-order valence-electron chi connectivity index (χ4n) is 5.16. The first-order valence-corrected chi connectivity index (χ1v) is 9.39. The molecule has 1 aliphatic heterocycles. The van der Waals surface area contributed by atoms with Crippen LogP contribution < -0.4 is 0 Å². The molecule has 0 unspecified atom stereocenters. The third kappa shape index (κ3) is 2.18. The van der Waals surface area contributed by atoms with E-state index in [1.807, 2.05) is 6.08 Å². The molecule has 3 atom stereocenters. The van der Waals surface area contributed by atoms with E-state index < -0.39 is 0 Å². The summed E-state index contributed by atoms with van der Waals surface area (Å²) in [5, 5.41) is 11.3. The fraction of sp³-hybridized carbons (Fsp3) is 0.524. The van der Waals surface area contributed by atoms with E-state index in [0.29, 0.717) is 24.5 Å². The SMILES string of the molecule is C=Cc1[nH]c2cccc3c2c1C[C@@H]1[C@@H]3C[C@@H](CO)CN1CC1CC1. The molecule has 0 radical (unpaired) electrons. The number of aromatic amines is 1. The Morgan fingerprint density at radius 1 is 1.29 bits per heavy atom. The molecule has 0 spiro atoms. The lowest BCUT2D eigenvalue weighted by Gasteiger charge is -2.47. The summed E-state index contributed by atoms with van der Waals surface area (Å²) in [5.74, 6) is 1.87. The van der Waals surface area contributed by atoms with Crippen LogP contribution in [0.15, 0.2) is 24.8 Å². The van der Waals surface area contributed by atoms with Crippen molar-refractivity contribution < 1.29 is 5.11 Å². The maximum Gasteiger partial charge on any atom is 0.0471 e. The number of H-pyrrole nitrogens is 1. The number of nitrogens with one attached hydrogen (secondary N) is 1. The first-order chi connectivity index (χ1) is 11.8. The van der Waals surface area contributed by atoms with Crippen LogP contribution in [0.2, 0.25) is 0 Å². The van der Waals surface area contributed by atoms with Gasteiger partial charge in [-0.1, -0.05) is 18.7 Å². The van der Waals surface area contributed by atoms with Gasteiger partial charge in [0, 0.05) is 48.3 Å². The van der Waals surface area contributed by atoms with Gasteiger partial charge >= 0.3 is 0 Å². The number of nitrogens with zero attached hydrogens (tertiary/aromatic N) is 1. The smallest absolute Gasteiger partial charge is 0.0471 e. The third-order valence-corrected chi connectivity index (χ3v) is 6.47. The van der Waals surface area contributed by atoms with Gasteiger partial charge in [-0.05, 0) is 60.8 Å². The van der Waals surface area contributed by atoms with Gasteiger partial charge in [0.2, 0.25) is 0 Å². The van der Waals surface area contributed by atoms with Crippen LogP contribution in [-0.4, -0.2) is 40.7 Å². The van der Waals surface area contributed by atoms with Gasteiger partial charge in [-0.3, -0.25) is 4.90 Å². The molecule has 0 amide bonds. The molecule has 1 aromatic carbocycles. The number of piperidine rings is 1. The summed E-state index contributed by atoms with van der Waals surface area (Å²) in [4.78, 5) is 6.27. The van der Waals surface area contributed by atoms with Crippen molar-refractivity contribution in [1.82, 2.24) is 9.88 Å². The van der Waals surface area contributed by atoms with Crippen molar-refractivity contribution in [3.05, 3.63) is 41.6 Å². The zero-order valence-corrected chi connectivity index (χ0v) is 14.2. The second kappa shape index (κ2) is 5.47. The van der Waals surface area contributed by atoms with E-state index in [2.05, 4.69) is 34.7 Å². The molecule has 2 aliphatic carbocycles. The van der Waals surface area contributed by atoms with Crippen LogP contribution in [0, 0.1) is 11.8 Å². The van der Waals surface area contributed by atoms with Gasteiger partial charge in [-0.25, -0.2) is 0 Å². The first kappa shape index (κ1) is 14.7. The predicted octanol–water partition coefficient (Wildman–Crippen LogP) is 3.54. The van der Waals surface area contributed by atoms with Crippen molar-refractivity contribution in [3.63, 3.8) is 0 Å². The molecule has 126 valence electrons. The van der Waals surface area contributed by atoms with E-state index in [4.69, 9.17) is 0 Å². The second-order valence-electron chi connectivity index (χ2n) is 8.05. The van der Waals surface area contributed by atoms with Crippen molar-refractivity contribution >= 4 is 17.0 Å². The van der Waals surface area contributed by atoms with Gasteiger partial charge in [0.1, 0.15) is 0 Å². The summed E-state index contributed by atoms with van der Waals surface area (Å²) in [5.41, 5.74) is 5.39. The van der Waals surface area contributed by atoms with E-state index in [1.54, 1.807) is 0 Å². The zero-order chi connectivity index (χ0) is 16.3. The number of hydrogen-bond acceptors (Lipinski definition) is 2. The fourth-order valence-corrected chi connectivity index (χ4v) is 5.16. The van der Waals surface area contributed by atoms with E-state index in [-0.39, 0.29) is 0 Å². The molecule has 2 N–H and O–H groups in total. The highest BCUT2D eigenvalue weighted by Crippen LogP contribution is 2.46. The topological polar surface area (TPSA) is 39.3 Å². The van der Waals surface area contributed by atoms with E-state index in [0.717, 1.165) is 25.3 Å². The number of rotatable bonds is 4. The molecule has 2 heterocycles. The van der Waals surface area contributed by atoms with Crippen LogP contribution in [0.3, 0.4) is 0 Å². The Labute approximate surface area is 143 Å². The van der Waals surface area contributed by atoms with Crippen LogP contribution in [0.1, 0.15) is 42.0 Å². The Kier molecular flexibility index (Phi) is 3.36. The van der Waals surface area contributed by atoms with E-state index in [9.17, 15) is 5.11 Å². The zero-order valence-electron chi connectivity index (χ0n) is 14.2. The number of hydrogen-bond donors (Lipinski definition) is 2. The molecule has 1 saturated heterocycles. The first-order valence-electron chi connectivity index (χ1n) is 9.39. The van der Waals surface area contributed by atoms with Crippen molar-refractivity contribution in [1.29, 1.82) is 0 Å². The van der Waals surface area contributed by atoms with Crippen LogP contribution in [0.5, 0.6) is 0 Å². The number of benzene rings is 1. The number of aliphatic hydroxyl groups excluding tert-OH is 1. The lowest BCUT2D eigenvalue weighted by Crippen LogP contribution is -2.51. The van der Waals surface area contributed by atoms with Gasteiger partial charge in [0.15, 0.2) is 0 Å². The highest BCUT2D eigenvalue weighted by Gasteiger charge is 2.42. The van der Waals surface area contributed by atoms with E-state index >= 15 is 0 Å². The molecule has 0 bridgehead atoms. The summed E-state index contributed by atoms with van der Waals surface area (Å²) in [6, 6.07) is 7.27. The molecule has 5 rings (SSSR count). The molecule has 3 nitrogen and oxygen atoms in total. The van der Waals surface area contributed by atoms with Crippen molar-refractivity contribution in [2.75, 3.05) is 19.7 Å². The average molecular weight is 322 g/mol. The van der Waals surface area contributed by atoms with Gasteiger partial charge in [0.25, 0.3) is 0 Å². The minimum Gasteiger partial charge on any atom is -0.396 e. The van der Waals surface area contributed by atoms with Crippen molar-refractivity contribution in [2.45, 2.75) is 37.6 Å². The number of aliphatic hydroxyl groups is 1. The maximum atomic E-state index is 9.83. The van der Waals surface area contributed by atoms with E-state index in [1.165, 1.54) is 47.1 Å². The number of likely N-dealkylation sites (tertiary alicyclic amines) is 1. The molecule has 3 heteroatoms. The summed E-state index contributed by atoms with van der Waals surface area (Å²) in [6.07, 6.45) is 6.99. The van der Waals surface area contributed by atoms with Gasteiger partial charge < -0.3 is 10.1 Å². The molecular weight excluding hydrogens is 296 g/mol. The Hall–Kier alpha value is -1.58. The maximum absolute atomic E-state index is 9.83. The highest BCUT2D eigenvalue weighted by atomic mass is 16.3. The number of aromatic nitrogens is 1. The standard InChI is InChI=1S/C21H26N2O/c1-2-18-17-9-20-16(15-4-3-5-19(22-18)21(15)17)8-14(12-24)11-23(20)10-13-6-7-13/h2-5,13-14,16,20,22,24H,1,6-12H2/t14-,16-,20-/m1/s1. The normalized spacial score (nSPS) is 29.6. The number of fused-ring (bicyclic) bond motifs is 2. The molecule has 1 aromatic heterocycles. The highest BCUT2D eigenvalue weighted by molar-refractivity contribution is 5.91. The molecule has 1 saturated carbocycles. The summed E-state index contributed by atoms with van der Waals surface area (Å²) < 4.78 is 0. The molecular formula is C21H26N2O. The predicted molar refractivity (Wildman–Crippen MR) is 98.1 cm³/mol. The molecule has 3 aliphatic rings. The summed E-state index contributed by atoms with van der Waals surface area (Å²) >= 11 is 0. The van der Waals surface area contributed by atoms with Crippen molar-refractivity contribution in [3.8, 4) is 0 Å². The molecule has 24 heavy (non-hydrogen) atoms. The minimum atomic E-state index is 0.318. The third-order valence-electron chi connectivity index (χ3n) is 6.47. The van der Waals surface area contributed by atoms with Crippen LogP contribution >= 0.6 is 0 Å². The lowest BCUT2D eigenvalue weighted by atomic mass is 9.72. The largest absolute Gasteiger partial charge is 0.396 e. The Morgan fingerprint density at radius 3 is 2.92 bits per heavy atom. The van der Waals surface area contributed by atoms with Gasteiger partial charge in [0.05, 0.1) is 0 Å². The Balaban J connectivity index is 1.62. The molecule has 2 aromatic rings. The van der Waals surface area contributed by atoms with Gasteiger partial charge in [-0.2, -0.15) is 0 Å². The summed E-state index contributed by atoms with van der Waals surface area (Å²) in [6.45, 7) is 6.62. The van der Waals surface area contributed by atoms with Crippen molar-refractivity contribution in [2.24, 2.45) is 11.8 Å². The summed E-state index contributed by atoms with van der Waals surface area (Å²) in [7, 11) is 0. The van der Waals surface area contributed by atoms with Crippen LogP contribution in [-0.2, 0) is 6.42 Å². The quantitative estimate of drug-likeness (QED) is 0.904. The Bertz CT molecular complexity index is 788. The minimum absolute atomic E-state index is 0.318. The average Bonchev–Trinajstić information content (AvgIpc) is 3.36. The van der Waals surface area contributed by atoms with Crippen LogP contribution in [0.25, 0.3) is 17.0 Å². The Morgan fingerprint density at radius 2 is 2.17 bits per heavy atom. The lowest BCUT2D eigenvalue weighted by molar-refractivity contribution is 0.0536. The second-order valence-corrected chi connectivity index (χ2v) is 8.05. The van der Waals surface area contributed by atoms with Crippen LogP contribution in [0.4, 0.5) is 0 Å². The van der Waals surface area contributed by atoms with Gasteiger partial charge in [-0.15, -0.1) is 0 Å². The monoisotopic (exact) mass is 322 g/mol. The molecule has 2 fully saturated rings.